The van der Waals surface area contributed by atoms with Crippen LogP contribution >= 0.6 is 0 Å². The first kappa shape index (κ1) is 20.5. The highest BCUT2D eigenvalue weighted by Gasteiger charge is 2.17. The molecule has 1 aromatic rings. The number of ether oxygens (including phenoxy) is 1. The number of nitrogens with zero attached hydrogens (tertiary/aromatic N) is 2. The van der Waals surface area contributed by atoms with E-state index in [4.69, 9.17) is 9.15 Å². The number of unbranched alkanes of at least 4 members (excludes halogenated alkanes) is 1. The highest BCUT2D eigenvalue weighted by molar-refractivity contribution is 5.94. The second-order valence-corrected chi connectivity index (χ2v) is 6.57. The van der Waals surface area contributed by atoms with E-state index in [9.17, 15) is 9.59 Å². The first-order chi connectivity index (χ1) is 12.7. The zero-order valence-electron chi connectivity index (χ0n) is 15.7. The van der Waals surface area contributed by atoms with Crippen LogP contribution in [0.2, 0.25) is 0 Å². The molecule has 0 aromatic carbocycles. The van der Waals surface area contributed by atoms with Gasteiger partial charge in [-0.05, 0) is 25.5 Å². The molecule has 0 radical (unpaired) electrons. The zero-order chi connectivity index (χ0) is 18.6. The van der Waals surface area contributed by atoms with Crippen LogP contribution in [0.15, 0.2) is 23.0 Å². The largest absolute Gasteiger partial charge is 0.472 e. The second-order valence-electron chi connectivity index (χ2n) is 6.57. The molecule has 0 unspecified atom stereocenters. The summed E-state index contributed by atoms with van der Waals surface area (Å²) in [7, 11) is 0. The first-order valence-electron chi connectivity index (χ1n) is 9.59. The predicted molar refractivity (Wildman–Crippen MR) is 99.0 cm³/mol. The van der Waals surface area contributed by atoms with E-state index in [1.54, 1.807) is 11.0 Å². The molecule has 7 nitrogen and oxygen atoms in total. The summed E-state index contributed by atoms with van der Waals surface area (Å²) in [6.45, 7) is 8.35. The van der Waals surface area contributed by atoms with Gasteiger partial charge in [0.15, 0.2) is 0 Å². The third-order valence-electron chi connectivity index (χ3n) is 4.52. The first-order valence-corrected chi connectivity index (χ1v) is 9.59. The van der Waals surface area contributed by atoms with Gasteiger partial charge in [0, 0.05) is 39.1 Å². The Balaban J connectivity index is 1.66. The monoisotopic (exact) mass is 365 g/mol. The van der Waals surface area contributed by atoms with Gasteiger partial charge in [-0.3, -0.25) is 14.5 Å². The summed E-state index contributed by atoms with van der Waals surface area (Å²) in [5, 5.41) is 2.95. The Hall–Kier alpha value is -1.86. The average molecular weight is 365 g/mol. The van der Waals surface area contributed by atoms with Crippen LogP contribution in [-0.4, -0.2) is 74.1 Å². The molecule has 26 heavy (non-hydrogen) atoms. The maximum Gasteiger partial charge on any atom is 0.257 e. The van der Waals surface area contributed by atoms with Gasteiger partial charge in [0.2, 0.25) is 5.91 Å². The van der Waals surface area contributed by atoms with E-state index < -0.39 is 0 Å². The van der Waals surface area contributed by atoms with Gasteiger partial charge in [0.25, 0.3) is 5.91 Å². The van der Waals surface area contributed by atoms with E-state index in [-0.39, 0.29) is 11.8 Å². The molecule has 0 bridgehead atoms. The lowest BCUT2D eigenvalue weighted by atomic mass is 10.2. The Kier molecular flexibility index (Phi) is 9.20. The van der Waals surface area contributed by atoms with Crippen molar-refractivity contribution in [1.29, 1.82) is 0 Å². The highest BCUT2D eigenvalue weighted by atomic mass is 16.5. The van der Waals surface area contributed by atoms with Gasteiger partial charge in [0.05, 0.1) is 25.0 Å². The highest BCUT2D eigenvalue weighted by Crippen LogP contribution is 2.08. The standard InChI is InChI=1S/C19H31N3O4/c1-2-3-9-22(19(24)17-6-13-26-16-17)10-5-18(23)20-7-4-8-21-11-14-25-15-12-21/h6,13,16H,2-5,7-12,14-15H2,1H3,(H,20,23). The lowest BCUT2D eigenvalue weighted by molar-refractivity contribution is -0.121. The quantitative estimate of drug-likeness (QED) is 0.605. The zero-order valence-corrected chi connectivity index (χ0v) is 15.7. The normalized spacial score (nSPS) is 15.0. The van der Waals surface area contributed by atoms with E-state index >= 15 is 0 Å². The van der Waals surface area contributed by atoms with Gasteiger partial charge in [-0.2, -0.15) is 0 Å². The number of carbonyl (C=O) groups excluding carboxylic acids is 2. The Bertz CT molecular complexity index is 527. The lowest BCUT2D eigenvalue weighted by Crippen LogP contribution is -2.38. The van der Waals surface area contributed by atoms with Crippen molar-refractivity contribution < 1.29 is 18.7 Å². The number of morpholine rings is 1. The predicted octanol–water partition coefficient (Wildman–Crippen LogP) is 1.75. The van der Waals surface area contributed by atoms with Crippen LogP contribution in [0.3, 0.4) is 0 Å². The fourth-order valence-electron chi connectivity index (χ4n) is 2.91. The molecule has 1 aliphatic heterocycles. The van der Waals surface area contributed by atoms with Crippen LogP contribution in [0, 0.1) is 0 Å². The van der Waals surface area contributed by atoms with Crippen molar-refractivity contribution in [3.05, 3.63) is 24.2 Å². The number of hydrogen-bond donors (Lipinski definition) is 1. The van der Waals surface area contributed by atoms with Crippen LogP contribution in [0.1, 0.15) is 43.0 Å². The molecule has 1 N–H and O–H groups in total. The fourth-order valence-corrected chi connectivity index (χ4v) is 2.91. The van der Waals surface area contributed by atoms with Crippen LogP contribution in [-0.2, 0) is 9.53 Å². The second kappa shape index (κ2) is 11.7. The number of amides is 2. The van der Waals surface area contributed by atoms with E-state index in [0.29, 0.717) is 31.6 Å². The van der Waals surface area contributed by atoms with Crippen molar-refractivity contribution >= 4 is 11.8 Å². The third kappa shape index (κ3) is 7.17. The number of hydrogen-bond acceptors (Lipinski definition) is 5. The summed E-state index contributed by atoms with van der Waals surface area (Å²) < 4.78 is 10.3. The van der Waals surface area contributed by atoms with Crippen LogP contribution < -0.4 is 5.32 Å². The smallest absolute Gasteiger partial charge is 0.257 e. The molecule has 7 heteroatoms. The van der Waals surface area contributed by atoms with Crippen molar-refractivity contribution in [3.8, 4) is 0 Å². The van der Waals surface area contributed by atoms with Gasteiger partial charge < -0.3 is 19.4 Å². The molecule has 146 valence electrons. The van der Waals surface area contributed by atoms with Crippen molar-refractivity contribution in [2.75, 3.05) is 52.5 Å². The van der Waals surface area contributed by atoms with E-state index in [1.807, 2.05) is 0 Å². The van der Waals surface area contributed by atoms with Gasteiger partial charge in [-0.1, -0.05) is 13.3 Å². The van der Waals surface area contributed by atoms with Crippen molar-refractivity contribution in [2.24, 2.45) is 0 Å². The van der Waals surface area contributed by atoms with Crippen molar-refractivity contribution in [3.63, 3.8) is 0 Å². The van der Waals surface area contributed by atoms with Crippen molar-refractivity contribution in [1.82, 2.24) is 15.1 Å². The van der Waals surface area contributed by atoms with Crippen LogP contribution in [0.25, 0.3) is 0 Å². The maximum absolute atomic E-state index is 12.5. The molecule has 0 aliphatic carbocycles. The number of nitrogens with one attached hydrogen (secondary N) is 1. The fraction of sp³-hybridized carbons (Fsp3) is 0.684. The molecule has 1 aromatic heterocycles. The summed E-state index contributed by atoms with van der Waals surface area (Å²) in [6, 6.07) is 1.66. The Labute approximate surface area is 155 Å². The van der Waals surface area contributed by atoms with Gasteiger partial charge in [0.1, 0.15) is 6.26 Å². The summed E-state index contributed by atoms with van der Waals surface area (Å²) in [5.41, 5.74) is 0.534. The molecular formula is C19H31N3O4. The number of furan rings is 1. The molecular weight excluding hydrogens is 334 g/mol. The molecule has 2 amide bonds. The Morgan fingerprint density at radius 2 is 2.04 bits per heavy atom. The van der Waals surface area contributed by atoms with Crippen molar-refractivity contribution in [2.45, 2.75) is 32.6 Å². The summed E-state index contributed by atoms with van der Waals surface area (Å²) in [6.07, 6.45) is 6.12. The van der Waals surface area contributed by atoms with Gasteiger partial charge in [-0.25, -0.2) is 0 Å². The number of carbonyl (C=O) groups is 2. The summed E-state index contributed by atoms with van der Waals surface area (Å²) in [4.78, 5) is 28.6. The molecule has 0 atom stereocenters. The minimum Gasteiger partial charge on any atom is -0.472 e. The molecule has 2 heterocycles. The van der Waals surface area contributed by atoms with E-state index in [2.05, 4.69) is 17.1 Å². The van der Waals surface area contributed by atoms with E-state index in [0.717, 1.165) is 52.1 Å². The topological polar surface area (TPSA) is 75.0 Å². The minimum atomic E-state index is -0.0766. The molecule has 2 rings (SSSR count). The average Bonchev–Trinajstić information content (AvgIpc) is 3.20. The van der Waals surface area contributed by atoms with E-state index in [1.165, 1.54) is 12.5 Å². The third-order valence-corrected chi connectivity index (χ3v) is 4.52. The van der Waals surface area contributed by atoms with Gasteiger partial charge >= 0.3 is 0 Å². The SMILES string of the molecule is CCCCN(CCC(=O)NCCCN1CCOCC1)C(=O)c1ccoc1. The minimum absolute atomic E-state index is 0.00605. The molecule has 1 aliphatic rings. The maximum atomic E-state index is 12.5. The molecule has 1 saturated heterocycles. The number of rotatable bonds is 11. The molecule has 1 fully saturated rings. The Morgan fingerprint density at radius 3 is 2.73 bits per heavy atom. The lowest BCUT2D eigenvalue weighted by Gasteiger charge is -2.26. The molecule has 0 spiro atoms. The van der Waals surface area contributed by atoms with Crippen LogP contribution in [0.5, 0.6) is 0 Å². The van der Waals surface area contributed by atoms with Crippen LogP contribution in [0.4, 0.5) is 0 Å². The summed E-state index contributed by atoms with van der Waals surface area (Å²) >= 11 is 0. The van der Waals surface area contributed by atoms with Gasteiger partial charge in [-0.15, -0.1) is 0 Å². The molecule has 0 saturated carbocycles. The Morgan fingerprint density at radius 1 is 1.23 bits per heavy atom. The summed E-state index contributed by atoms with van der Waals surface area (Å²) in [5.74, 6) is -0.0826.